The molecule has 0 unspecified atom stereocenters. The Bertz CT molecular complexity index is 289. The van der Waals surface area contributed by atoms with E-state index >= 15 is 0 Å². The van der Waals surface area contributed by atoms with E-state index in [0.717, 1.165) is 17.7 Å². The quantitative estimate of drug-likeness (QED) is 0.728. The summed E-state index contributed by atoms with van der Waals surface area (Å²) in [5.74, 6) is -0.206. The lowest BCUT2D eigenvalue weighted by atomic mass is 10.1. The molecule has 0 fully saturated rings. The van der Waals surface area contributed by atoms with Crippen molar-refractivity contribution in [2.75, 3.05) is 20.2 Å². The van der Waals surface area contributed by atoms with Crippen LogP contribution >= 0.6 is 0 Å². The number of rotatable bonds is 5. The standard InChI is InChI=1S/C11H16FNO/c1-9-3-4-11(12)7-10(9)8-14-6-5-13-2/h3-4,7,13H,5-6,8H2,1-2H3. The topological polar surface area (TPSA) is 21.3 Å². The largest absolute Gasteiger partial charge is 0.375 e. The summed E-state index contributed by atoms with van der Waals surface area (Å²) in [5.41, 5.74) is 1.98. The molecule has 0 saturated heterocycles. The molecule has 2 nitrogen and oxygen atoms in total. The predicted molar refractivity (Wildman–Crippen MR) is 54.7 cm³/mol. The summed E-state index contributed by atoms with van der Waals surface area (Å²) in [5, 5.41) is 2.98. The van der Waals surface area contributed by atoms with Gasteiger partial charge in [-0.15, -0.1) is 0 Å². The molecule has 14 heavy (non-hydrogen) atoms. The molecule has 1 rings (SSSR count). The molecule has 0 saturated carbocycles. The molecule has 1 N–H and O–H groups in total. The van der Waals surface area contributed by atoms with Crippen molar-refractivity contribution >= 4 is 0 Å². The molecule has 1 aromatic carbocycles. The highest BCUT2D eigenvalue weighted by Crippen LogP contribution is 2.10. The van der Waals surface area contributed by atoms with Gasteiger partial charge in [-0.25, -0.2) is 4.39 Å². The predicted octanol–water partition coefficient (Wildman–Crippen LogP) is 1.87. The maximum atomic E-state index is 12.9. The zero-order valence-corrected chi connectivity index (χ0v) is 8.64. The van der Waals surface area contributed by atoms with Gasteiger partial charge in [-0.2, -0.15) is 0 Å². The second-order valence-electron chi connectivity index (χ2n) is 3.23. The molecular formula is C11H16FNO. The second-order valence-corrected chi connectivity index (χ2v) is 3.23. The van der Waals surface area contributed by atoms with Gasteiger partial charge in [0.25, 0.3) is 0 Å². The van der Waals surface area contributed by atoms with E-state index in [1.807, 2.05) is 14.0 Å². The molecule has 0 amide bonds. The smallest absolute Gasteiger partial charge is 0.123 e. The van der Waals surface area contributed by atoms with Crippen LogP contribution in [0.5, 0.6) is 0 Å². The molecule has 0 aliphatic rings. The summed E-state index contributed by atoms with van der Waals surface area (Å²) in [6, 6.07) is 4.76. The highest BCUT2D eigenvalue weighted by molar-refractivity contribution is 5.25. The highest BCUT2D eigenvalue weighted by atomic mass is 19.1. The summed E-state index contributed by atoms with van der Waals surface area (Å²) in [6.45, 7) is 3.89. The number of halogens is 1. The number of nitrogens with one attached hydrogen (secondary N) is 1. The van der Waals surface area contributed by atoms with E-state index in [1.165, 1.54) is 12.1 Å². The average Bonchev–Trinajstić information content (AvgIpc) is 2.18. The van der Waals surface area contributed by atoms with E-state index in [2.05, 4.69) is 5.32 Å². The van der Waals surface area contributed by atoms with Crippen LogP contribution < -0.4 is 5.32 Å². The van der Waals surface area contributed by atoms with Crippen LogP contribution in [0.15, 0.2) is 18.2 Å². The number of ether oxygens (including phenoxy) is 1. The fourth-order valence-corrected chi connectivity index (χ4v) is 1.15. The molecule has 0 aliphatic carbocycles. The molecule has 0 aliphatic heterocycles. The van der Waals surface area contributed by atoms with E-state index in [-0.39, 0.29) is 5.82 Å². The van der Waals surface area contributed by atoms with Gasteiger partial charge in [0.05, 0.1) is 13.2 Å². The van der Waals surface area contributed by atoms with Gasteiger partial charge in [-0.3, -0.25) is 0 Å². The Morgan fingerprint density at radius 3 is 2.93 bits per heavy atom. The lowest BCUT2D eigenvalue weighted by molar-refractivity contribution is 0.123. The van der Waals surface area contributed by atoms with Gasteiger partial charge in [0.1, 0.15) is 5.82 Å². The van der Waals surface area contributed by atoms with E-state index in [0.29, 0.717) is 13.2 Å². The Labute approximate surface area is 84.1 Å². The number of hydrogen-bond acceptors (Lipinski definition) is 2. The molecule has 0 aromatic heterocycles. The van der Waals surface area contributed by atoms with Crippen molar-refractivity contribution in [1.29, 1.82) is 0 Å². The average molecular weight is 197 g/mol. The third-order valence-electron chi connectivity index (χ3n) is 2.07. The SMILES string of the molecule is CNCCOCc1cc(F)ccc1C. The van der Waals surface area contributed by atoms with Gasteiger partial charge in [0, 0.05) is 6.54 Å². The van der Waals surface area contributed by atoms with E-state index in [1.54, 1.807) is 6.07 Å². The molecule has 0 spiro atoms. The normalized spacial score (nSPS) is 10.5. The highest BCUT2D eigenvalue weighted by Gasteiger charge is 1.99. The Kier molecular flexibility index (Phi) is 4.56. The van der Waals surface area contributed by atoms with E-state index < -0.39 is 0 Å². The van der Waals surface area contributed by atoms with Crippen LogP contribution in [0.1, 0.15) is 11.1 Å². The number of aryl methyl sites for hydroxylation is 1. The first-order valence-corrected chi connectivity index (χ1v) is 4.71. The first-order valence-electron chi connectivity index (χ1n) is 4.71. The van der Waals surface area contributed by atoms with Crippen LogP contribution in [0.4, 0.5) is 4.39 Å². The zero-order chi connectivity index (χ0) is 10.4. The van der Waals surface area contributed by atoms with Crippen LogP contribution in [0.3, 0.4) is 0 Å². The molecule has 1 aromatic rings. The van der Waals surface area contributed by atoms with Crippen molar-refractivity contribution in [3.63, 3.8) is 0 Å². The fourth-order valence-electron chi connectivity index (χ4n) is 1.15. The summed E-state index contributed by atoms with van der Waals surface area (Å²) in [6.07, 6.45) is 0. The minimum Gasteiger partial charge on any atom is -0.375 e. The first kappa shape index (κ1) is 11.1. The molecular weight excluding hydrogens is 181 g/mol. The Balaban J connectivity index is 2.45. The number of benzene rings is 1. The van der Waals surface area contributed by atoms with Crippen molar-refractivity contribution in [2.24, 2.45) is 0 Å². The van der Waals surface area contributed by atoms with Gasteiger partial charge in [-0.05, 0) is 37.2 Å². The summed E-state index contributed by atoms with van der Waals surface area (Å²) < 4.78 is 18.2. The fraction of sp³-hybridized carbons (Fsp3) is 0.455. The van der Waals surface area contributed by atoms with E-state index in [9.17, 15) is 4.39 Å². The van der Waals surface area contributed by atoms with Gasteiger partial charge >= 0.3 is 0 Å². The van der Waals surface area contributed by atoms with Gasteiger partial charge < -0.3 is 10.1 Å². The minimum absolute atomic E-state index is 0.206. The van der Waals surface area contributed by atoms with Crippen molar-refractivity contribution in [3.8, 4) is 0 Å². The maximum Gasteiger partial charge on any atom is 0.123 e. The van der Waals surface area contributed by atoms with Gasteiger partial charge in [-0.1, -0.05) is 6.07 Å². The van der Waals surface area contributed by atoms with Gasteiger partial charge in [0.15, 0.2) is 0 Å². The Morgan fingerprint density at radius 2 is 2.21 bits per heavy atom. The van der Waals surface area contributed by atoms with E-state index in [4.69, 9.17) is 4.74 Å². The molecule has 0 radical (unpaired) electrons. The van der Waals surface area contributed by atoms with Crippen molar-refractivity contribution in [2.45, 2.75) is 13.5 Å². The van der Waals surface area contributed by atoms with Crippen LogP contribution in [0.25, 0.3) is 0 Å². The van der Waals surface area contributed by atoms with Crippen LogP contribution in [0.2, 0.25) is 0 Å². The van der Waals surface area contributed by atoms with Crippen LogP contribution in [-0.4, -0.2) is 20.2 Å². The molecule has 3 heteroatoms. The third kappa shape index (κ3) is 3.44. The van der Waals surface area contributed by atoms with Crippen LogP contribution in [-0.2, 0) is 11.3 Å². The Hall–Kier alpha value is -0.930. The third-order valence-corrected chi connectivity index (χ3v) is 2.07. The second kappa shape index (κ2) is 5.73. The zero-order valence-electron chi connectivity index (χ0n) is 8.64. The summed E-state index contributed by atoms with van der Waals surface area (Å²) in [4.78, 5) is 0. The lowest BCUT2D eigenvalue weighted by Gasteiger charge is -2.06. The first-order chi connectivity index (χ1) is 6.74. The summed E-state index contributed by atoms with van der Waals surface area (Å²) in [7, 11) is 1.87. The monoisotopic (exact) mass is 197 g/mol. The van der Waals surface area contributed by atoms with Crippen molar-refractivity contribution < 1.29 is 9.13 Å². The van der Waals surface area contributed by atoms with Crippen molar-refractivity contribution in [3.05, 3.63) is 35.1 Å². The summed E-state index contributed by atoms with van der Waals surface area (Å²) >= 11 is 0. The molecule has 0 heterocycles. The van der Waals surface area contributed by atoms with Crippen LogP contribution in [0, 0.1) is 12.7 Å². The minimum atomic E-state index is -0.206. The molecule has 78 valence electrons. The van der Waals surface area contributed by atoms with Crippen molar-refractivity contribution in [1.82, 2.24) is 5.32 Å². The molecule has 0 bridgehead atoms. The Morgan fingerprint density at radius 1 is 1.43 bits per heavy atom. The van der Waals surface area contributed by atoms with Gasteiger partial charge in [0.2, 0.25) is 0 Å². The molecule has 0 atom stereocenters. The number of hydrogen-bond donors (Lipinski definition) is 1. The maximum absolute atomic E-state index is 12.9. The lowest BCUT2D eigenvalue weighted by Crippen LogP contribution is -2.14. The number of likely N-dealkylation sites (N-methyl/N-ethyl adjacent to an activating group) is 1.